The highest BCUT2D eigenvalue weighted by atomic mass is 16.5. The van der Waals surface area contributed by atoms with Crippen LogP contribution in [0.4, 0.5) is 0 Å². The van der Waals surface area contributed by atoms with E-state index in [2.05, 4.69) is 5.32 Å². The molecule has 1 amide bonds. The van der Waals surface area contributed by atoms with Crippen LogP contribution in [0.3, 0.4) is 0 Å². The van der Waals surface area contributed by atoms with E-state index < -0.39 is 0 Å². The van der Waals surface area contributed by atoms with E-state index in [1.807, 2.05) is 26.0 Å². The average Bonchev–Trinajstić information content (AvgIpc) is 2.85. The van der Waals surface area contributed by atoms with Crippen molar-refractivity contribution in [1.29, 1.82) is 0 Å². The molecule has 1 N–H and O–H groups in total. The topological polar surface area (TPSA) is 51.5 Å². The molecule has 0 aliphatic heterocycles. The van der Waals surface area contributed by atoms with Crippen LogP contribution in [-0.4, -0.2) is 13.0 Å². The number of rotatable bonds is 4. The van der Waals surface area contributed by atoms with Crippen molar-refractivity contribution >= 4 is 5.91 Å². The first-order valence-corrected chi connectivity index (χ1v) is 6.11. The van der Waals surface area contributed by atoms with Crippen LogP contribution in [0.2, 0.25) is 0 Å². The van der Waals surface area contributed by atoms with Crippen LogP contribution in [0.1, 0.15) is 34.8 Å². The fourth-order valence-corrected chi connectivity index (χ4v) is 1.80. The molecule has 0 aliphatic carbocycles. The summed E-state index contributed by atoms with van der Waals surface area (Å²) in [7, 11) is 1.57. The van der Waals surface area contributed by atoms with Crippen molar-refractivity contribution < 1.29 is 13.9 Å². The summed E-state index contributed by atoms with van der Waals surface area (Å²) in [5.41, 5.74) is 0.564. The lowest BCUT2D eigenvalue weighted by atomic mass is 10.1. The van der Waals surface area contributed by atoms with Crippen LogP contribution in [0, 0.1) is 6.92 Å². The lowest BCUT2D eigenvalue weighted by molar-refractivity contribution is 0.0935. The molecule has 1 atom stereocenters. The summed E-state index contributed by atoms with van der Waals surface area (Å²) < 4.78 is 10.6. The lowest BCUT2D eigenvalue weighted by Gasteiger charge is -2.12. The minimum Gasteiger partial charge on any atom is -0.497 e. The van der Waals surface area contributed by atoms with Gasteiger partial charge >= 0.3 is 0 Å². The van der Waals surface area contributed by atoms with Gasteiger partial charge in [0.15, 0.2) is 0 Å². The number of aryl methyl sites for hydroxylation is 1. The molecule has 0 bridgehead atoms. The molecule has 0 aliphatic rings. The smallest absolute Gasteiger partial charge is 0.251 e. The van der Waals surface area contributed by atoms with Gasteiger partial charge in [0.25, 0.3) is 5.91 Å². The molecule has 0 saturated heterocycles. The van der Waals surface area contributed by atoms with Gasteiger partial charge in [-0.1, -0.05) is 6.07 Å². The van der Waals surface area contributed by atoms with Crippen LogP contribution in [-0.2, 0) is 0 Å². The first-order valence-electron chi connectivity index (χ1n) is 6.11. The maximum absolute atomic E-state index is 12.1. The third-order valence-electron chi connectivity index (χ3n) is 2.87. The summed E-state index contributed by atoms with van der Waals surface area (Å²) >= 11 is 0. The first kappa shape index (κ1) is 13.2. The quantitative estimate of drug-likeness (QED) is 0.918. The third kappa shape index (κ3) is 3.16. The number of ether oxygens (including phenoxy) is 1. The van der Waals surface area contributed by atoms with Gasteiger partial charge in [0.05, 0.1) is 13.2 Å². The van der Waals surface area contributed by atoms with Crippen molar-refractivity contribution in [3.63, 3.8) is 0 Å². The summed E-state index contributed by atoms with van der Waals surface area (Å²) in [5, 5.41) is 2.89. The first-order chi connectivity index (χ1) is 9.10. The van der Waals surface area contributed by atoms with Crippen molar-refractivity contribution in [2.75, 3.05) is 7.11 Å². The number of benzene rings is 1. The molecule has 1 heterocycles. The number of nitrogens with one attached hydrogen (secondary N) is 1. The van der Waals surface area contributed by atoms with Crippen molar-refractivity contribution in [3.05, 3.63) is 53.5 Å². The molecule has 0 saturated carbocycles. The van der Waals surface area contributed by atoms with Crippen LogP contribution in [0.5, 0.6) is 5.75 Å². The molecule has 2 rings (SSSR count). The van der Waals surface area contributed by atoms with E-state index in [9.17, 15) is 4.79 Å². The van der Waals surface area contributed by atoms with Crippen LogP contribution in [0.25, 0.3) is 0 Å². The Bertz CT molecular complexity index is 574. The van der Waals surface area contributed by atoms with Gasteiger partial charge in [-0.2, -0.15) is 0 Å². The molecule has 1 aromatic carbocycles. The Balaban J connectivity index is 2.08. The molecule has 100 valence electrons. The minimum atomic E-state index is -0.174. The highest BCUT2D eigenvalue weighted by Gasteiger charge is 2.14. The highest BCUT2D eigenvalue weighted by Crippen LogP contribution is 2.17. The van der Waals surface area contributed by atoms with Crippen molar-refractivity contribution in [1.82, 2.24) is 5.32 Å². The molecule has 1 aromatic heterocycles. The summed E-state index contributed by atoms with van der Waals surface area (Å²) in [4.78, 5) is 12.1. The molecule has 0 radical (unpaired) electrons. The van der Waals surface area contributed by atoms with Crippen molar-refractivity contribution in [2.24, 2.45) is 0 Å². The monoisotopic (exact) mass is 259 g/mol. The van der Waals surface area contributed by atoms with Crippen LogP contribution >= 0.6 is 0 Å². The Morgan fingerprint density at radius 2 is 2.11 bits per heavy atom. The van der Waals surface area contributed by atoms with Gasteiger partial charge in [-0.05, 0) is 44.2 Å². The van der Waals surface area contributed by atoms with E-state index >= 15 is 0 Å². The Morgan fingerprint density at radius 3 is 2.74 bits per heavy atom. The zero-order valence-corrected chi connectivity index (χ0v) is 11.3. The van der Waals surface area contributed by atoms with Gasteiger partial charge in [-0.3, -0.25) is 4.79 Å². The van der Waals surface area contributed by atoms with Gasteiger partial charge < -0.3 is 14.5 Å². The molecule has 19 heavy (non-hydrogen) atoms. The number of methoxy groups -OCH3 is 1. The minimum absolute atomic E-state index is 0.152. The Morgan fingerprint density at radius 1 is 1.32 bits per heavy atom. The highest BCUT2D eigenvalue weighted by molar-refractivity contribution is 5.94. The zero-order chi connectivity index (χ0) is 13.8. The molecule has 2 aromatic rings. The normalized spacial score (nSPS) is 11.9. The molecule has 0 spiro atoms. The second-order valence-electron chi connectivity index (χ2n) is 4.38. The lowest BCUT2D eigenvalue weighted by Crippen LogP contribution is -2.26. The maximum Gasteiger partial charge on any atom is 0.251 e. The third-order valence-corrected chi connectivity index (χ3v) is 2.87. The van der Waals surface area contributed by atoms with Crippen molar-refractivity contribution in [2.45, 2.75) is 19.9 Å². The number of hydrogen-bond acceptors (Lipinski definition) is 3. The number of carbonyl (C=O) groups excluding carboxylic acids is 1. The van der Waals surface area contributed by atoms with Gasteiger partial charge in [-0.15, -0.1) is 0 Å². The predicted octanol–water partition coefficient (Wildman–Crippen LogP) is 3.09. The van der Waals surface area contributed by atoms with E-state index in [4.69, 9.17) is 9.15 Å². The molecule has 1 unspecified atom stereocenters. The molecule has 4 heteroatoms. The van der Waals surface area contributed by atoms with E-state index in [0.717, 1.165) is 11.5 Å². The SMILES string of the molecule is COc1cccc(C(=O)NC(C)c2ccc(C)o2)c1. The summed E-state index contributed by atoms with van der Waals surface area (Å²) in [5.74, 6) is 2.08. The molecule has 0 fully saturated rings. The molecule has 4 nitrogen and oxygen atoms in total. The number of hydrogen-bond donors (Lipinski definition) is 1. The largest absolute Gasteiger partial charge is 0.497 e. The van der Waals surface area contributed by atoms with Crippen LogP contribution in [0.15, 0.2) is 40.8 Å². The van der Waals surface area contributed by atoms with E-state index in [-0.39, 0.29) is 11.9 Å². The molecular formula is C15H17NO3. The van der Waals surface area contributed by atoms with Crippen LogP contribution < -0.4 is 10.1 Å². The molecular weight excluding hydrogens is 242 g/mol. The standard InChI is InChI=1S/C15H17NO3/c1-10-7-8-14(19-10)11(2)16-15(17)12-5-4-6-13(9-12)18-3/h4-9,11H,1-3H3,(H,16,17). The second-order valence-corrected chi connectivity index (χ2v) is 4.38. The Kier molecular flexibility index (Phi) is 3.90. The summed E-state index contributed by atoms with van der Waals surface area (Å²) in [6.07, 6.45) is 0. The van der Waals surface area contributed by atoms with Crippen molar-refractivity contribution in [3.8, 4) is 5.75 Å². The summed E-state index contributed by atoms with van der Waals surface area (Å²) in [6.45, 7) is 3.76. The predicted molar refractivity (Wildman–Crippen MR) is 72.3 cm³/mol. The van der Waals surface area contributed by atoms with Gasteiger partial charge in [0.1, 0.15) is 17.3 Å². The zero-order valence-electron chi connectivity index (χ0n) is 11.3. The number of furan rings is 1. The van der Waals surface area contributed by atoms with E-state index in [0.29, 0.717) is 11.3 Å². The average molecular weight is 259 g/mol. The van der Waals surface area contributed by atoms with E-state index in [1.165, 1.54) is 0 Å². The second kappa shape index (κ2) is 5.61. The summed E-state index contributed by atoms with van der Waals surface area (Å²) in [6, 6.07) is 10.6. The Labute approximate surface area is 112 Å². The maximum atomic E-state index is 12.1. The van der Waals surface area contributed by atoms with Gasteiger partial charge in [-0.25, -0.2) is 0 Å². The van der Waals surface area contributed by atoms with Gasteiger partial charge in [0.2, 0.25) is 0 Å². The van der Waals surface area contributed by atoms with Gasteiger partial charge in [0, 0.05) is 5.56 Å². The Hall–Kier alpha value is -2.23. The fraction of sp³-hybridized carbons (Fsp3) is 0.267. The fourth-order valence-electron chi connectivity index (χ4n) is 1.80. The number of amides is 1. The van der Waals surface area contributed by atoms with E-state index in [1.54, 1.807) is 31.4 Å². The number of carbonyl (C=O) groups is 1.